The SMILES string of the molecule is O=C(N/N=C/c1ccccn1)C1CC(c2ccc(OCc3ccc(Cl)cc3)cc2)NN1. The van der Waals surface area contributed by atoms with Gasteiger partial charge in [0.15, 0.2) is 0 Å². The summed E-state index contributed by atoms with van der Waals surface area (Å²) in [6, 6.07) is 20.5. The molecule has 2 aromatic carbocycles. The molecule has 0 bridgehead atoms. The first-order chi connectivity index (χ1) is 15.2. The molecule has 8 heteroatoms. The Morgan fingerprint density at radius 2 is 1.94 bits per heavy atom. The fraction of sp³-hybridized carbons (Fsp3) is 0.174. The van der Waals surface area contributed by atoms with E-state index in [2.05, 4.69) is 26.4 Å². The van der Waals surface area contributed by atoms with Gasteiger partial charge in [0.2, 0.25) is 0 Å². The Morgan fingerprint density at radius 3 is 2.68 bits per heavy atom. The predicted molar refractivity (Wildman–Crippen MR) is 120 cm³/mol. The van der Waals surface area contributed by atoms with Gasteiger partial charge in [-0.15, -0.1) is 0 Å². The van der Waals surface area contributed by atoms with E-state index in [-0.39, 0.29) is 18.0 Å². The van der Waals surface area contributed by atoms with Crippen molar-refractivity contribution in [2.75, 3.05) is 0 Å². The lowest BCUT2D eigenvalue weighted by Gasteiger charge is -2.11. The molecule has 2 heterocycles. The van der Waals surface area contributed by atoms with Gasteiger partial charge in [-0.1, -0.05) is 41.9 Å². The minimum Gasteiger partial charge on any atom is -0.489 e. The summed E-state index contributed by atoms with van der Waals surface area (Å²) in [6.45, 7) is 0.473. The van der Waals surface area contributed by atoms with Crippen molar-refractivity contribution in [3.05, 3.63) is 94.8 Å². The normalized spacial score (nSPS) is 18.2. The van der Waals surface area contributed by atoms with Crippen LogP contribution in [0.15, 0.2) is 78.0 Å². The minimum atomic E-state index is -0.383. The molecule has 0 spiro atoms. The van der Waals surface area contributed by atoms with Gasteiger partial charge in [-0.3, -0.25) is 9.78 Å². The molecular weight excluding hydrogens is 414 g/mol. The maximum atomic E-state index is 12.3. The molecule has 1 fully saturated rings. The molecule has 1 aliphatic heterocycles. The van der Waals surface area contributed by atoms with Gasteiger partial charge >= 0.3 is 0 Å². The third-order valence-electron chi connectivity index (χ3n) is 4.88. The van der Waals surface area contributed by atoms with Crippen LogP contribution in [0, 0.1) is 0 Å². The van der Waals surface area contributed by atoms with E-state index in [9.17, 15) is 4.79 Å². The van der Waals surface area contributed by atoms with Crippen LogP contribution in [0.2, 0.25) is 5.02 Å². The van der Waals surface area contributed by atoms with Crippen molar-refractivity contribution >= 4 is 23.7 Å². The summed E-state index contributed by atoms with van der Waals surface area (Å²) in [7, 11) is 0. The first kappa shape index (κ1) is 21.0. The third-order valence-corrected chi connectivity index (χ3v) is 5.13. The van der Waals surface area contributed by atoms with E-state index in [1.165, 1.54) is 6.21 Å². The molecule has 2 atom stereocenters. The van der Waals surface area contributed by atoms with Crippen LogP contribution < -0.4 is 21.0 Å². The smallest absolute Gasteiger partial charge is 0.258 e. The number of hydrazone groups is 1. The molecule has 3 aromatic rings. The molecule has 0 aliphatic carbocycles. The summed E-state index contributed by atoms with van der Waals surface area (Å²) in [5, 5.41) is 4.67. The highest BCUT2D eigenvalue weighted by molar-refractivity contribution is 6.30. The van der Waals surface area contributed by atoms with Gasteiger partial charge in [-0.05, 0) is 53.9 Å². The topological polar surface area (TPSA) is 87.6 Å². The summed E-state index contributed by atoms with van der Waals surface area (Å²) >= 11 is 5.90. The number of rotatable bonds is 7. The zero-order chi connectivity index (χ0) is 21.5. The van der Waals surface area contributed by atoms with Crippen molar-refractivity contribution < 1.29 is 9.53 Å². The Labute approximate surface area is 185 Å². The number of benzene rings is 2. The average Bonchev–Trinajstić information content (AvgIpc) is 3.30. The summed E-state index contributed by atoms with van der Waals surface area (Å²) in [5.74, 6) is 0.577. The van der Waals surface area contributed by atoms with Crippen molar-refractivity contribution in [3.63, 3.8) is 0 Å². The van der Waals surface area contributed by atoms with Crippen LogP contribution in [0.1, 0.15) is 29.3 Å². The fourth-order valence-electron chi connectivity index (χ4n) is 3.18. The van der Waals surface area contributed by atoms with E-state index in [0.717, 1.165) is 16.9 Å². The number of nitrogens with one attached hydrogen (secondary N) is 3. The first-order valence-electron chi connectivity index (χ1n) is 9.89. The van der Waals surface area contributed by atoms with Gasteiger partial charge in [-0.25, -0.2) is 16.3 Å². The van der Waals surface area contributed by atoms with E-state index in [1.54, 1.807) is 6.20 Å². The molecule has 1 aromatic heterocycles. The molecule has 31 heavy (non-hydrogen) atoms. The molecule has 4 rings (SSSR count). The second kappa shape index (κ2) is 10.2. The monoisotopic (exact) mass is 435 g/mol. The van der Waals surface area contributed by atoms with Gasteiger partial charge in [0.05, 0.1) is 11.9 Å². The maximum absolute atomic E-state index is 12.3. The van der Waals surface area contributed by atoms with Gasteiger partial charge in [0, 0.05) is 17.3 Å². The highest BCUT2D eigenvalue weighted by Crippen LogP contribution is 2.25. The predicted octanol–water partition coefficient (Wildman–Crippen LogP) is 3.37. The molecule has 7 nitrogen and oxygen atoms in total. The van der Waals surface area contributed by atoms with Crippen LogP contribution in [0.3, 0.4) is 0 Å². The molecule has 0 saturated carbocycles. The molecule has 158 valence electrons. The Balaban J connectivity index is 1.26. The molecule has 1 amide bonds. The van der Waals surface area contributed by atoms with Crippen molar-refractivity contribution in [2.24, 2.45) is 5.10 Å². The van der Waals surface area contributed by atoms with E-state index < -0.39 is 0 Å². The number of aromatic nitrogens is 1. The van der Waals surface area contributed by atoms with Crippen molar-refractivity contribution in [3.8, 4) is 5.75 Å². The fourth-order valence-corrected chi connectivity index (χ4v) is 3.31. The number of hydrogen-bond acceptors (Lipinski definition) is 6. The van der Waals surface area contributed by atoms with Crippen LogP contribution in [-0.4, -0.2) is 23.1 Å². The highest BCUT2D eigenvalue weighted by Gasteiger charge is 2.30. The molecule has 0 radical (unpaired) electrons. The van der Waals surface area contributed by atoms with Gasteiger partial charge < -0.3 is 4.74 Å². The zero-order valence-corrected chi connectivity index (χ0v) is 17.4. The maximum Gasteiger partial charge on any atom is 0.258 e. The van der Waals surface area contributed by atoms with Crippen molar-refractivity contribution in [2.45, 2.75) is 25.1 Å². The van der Waals surface area contributed by atoms with Gasteiger partial charge in [0.1, 0.15) is 18.4 Å². The van der Waals surface area contributed by atoms with E-state index in [0.29, 0.717) is 23.7 Å². The van der Waals surface area contributed by atoms with Crippen LogP contribution in [0.4, 0.5) is 0 Å². The standard InChI is InChI=1S/C23H22ClN5O2/c24-18-8-4-16(5-9-18)15-31-20-10-6-17(7-11-20)21-13-22(28-27-21)23(30)29-26-14-19-3-1-2-12-25-19/h1-12,14,21-22,27-28H,13,15H2,(H,29,30)/b26-14+. The first-order valence-corrected chi connectivity index (χ1v) is 10.3. The number of ether oxygens (including phenoxy) is 1. The summed E-state index contributed by atoms with van der Waals surface area (Å²) in [4.78, 5) is 16.5. The van der Waals surface area contributed by atoms with Crippen molar-refractivity contribution in [1.29, 1.82) is 0 Å². The molecule has 2 unspecified atom stereocenters. The second-order valence-electron chi connectivity index (χ2n) is 7.10. The second-order valence-corrected chi connectivity index (χ2v) is 7.54. The van der Waals surface area contributed by atoms with E-state index >= 15 is 0 Å². The summed E-state index contributed by atoms with van der Waals surface area (Å²) < 4.78 is 5.83. The summed E-state index contributed by atoms with van der Waals surface area (Å²) in [6.07, 6.45) is 3.79. The van der Waals surface area contributed by atoms with Gasteiger partial charge in [0.25, 0.3) is 5.91 Å². The van der Waals surface area contributed by atoms with Crippen LogP contribution >= 0.6 is 11.6 Å². The number of pyridine rings is 1. The molecular formula is C23H22ClN5O2. The molecule has 3 N–H and O–H groups in total. The average molecular weight is 436 g/mol. The highest BCUT2D eigenvalue weighted by atomic mass is 35.5. The quantitative estimate of drug-likeness (QED) is 0.391. The number of amides is 1. The number of hydrazine groups is 1. The van der Waals surface area contributed by atoms with E-state index in [4.69, 9.17) is 16.3 Å². The number of halogens is 1. The lowest BCUT2D eigenvalue weighted by molar-refractivity contribution is -0.122. The molecule has 1 aliphatic rings. The number of nitrogens with zero attached hydrogens (tertiary/aromatic N) is 2. The Hall–Kier alpha value is -3.26. The molecule has 1 saturated heterocycles. The van der Waals surface area contributed by atoms with Gasteiger partial charge in [-0.2, -0.15) is 5.10 Å². The van der Waals surface area contributed by atoms with Crippen LogP contribution in [0.25, 0.3) is 0 Å². The van der Waals surface area contributed by atoms with E-state index in [1.807, 2.05) is 66.7 Å². The minimum absolute atomic E-state index is 0.0147. The Kier molecular flexibility index (Phi) is 6.89. The number of carbonyl (C=O) groups excluding carboxylic acids is 1. The Morgan fingerprint density at radius 1 is 1.13 bits per heavy atom. The lowest BCUT2D eigenvalue weighted by Crippen LogP contribution is -2.41. The van der Waals surface area contributed by atoms with Crippen LogP contribution in [0.5, 0.6) is 5.75 Å². The van der Waals surface area contributed by atoms with Crippen molar-refractivity contribution in [1.82, 2.24) is 21.3 Å². The third kappa shape index (κ3) is 5.88. The zero-order valence-electron chi connectivity index (χ0n) is 16.7. The lowest BCUT2D eigenvalue weighted by atomic mass is 10.0. The Bertz CT molecular complexity index is 1030. The number of hydrogen-bond donors (Lipinski definition) is 3. The number of carbonyl (C=O) groups is 1. The van der Waals surface area contributed by atoms with Crippen LogP contribution in [-0.2, 0) is 11.4 Å². The summed E-state index contributed by atoms with van der Waals surface area (Å²) in [5.41, 5.74) is 11.5. The largest absolute Gasteiger partial charge is 0.489 e.